The van der Waals surface area contributed by atoms with Gasteiger partial charge in [0.05, 0.1) is 30.2 Å². The second kappa shape index (κ2) is 9.41. The van der Waals surface area contributed by atoms with Gasteiger partial charge in [0.1, 0.15) is 11.4 Å². The Morgan fingerprint density at radius 3 is 2.71 bits per heavy atom. The molecular weight excluding hydrogens is 480 g/mol. The van der Waals surface area contributed by atoms with E-state index in [-0.39, 0.29) is 5.78 Å². The van der Waals surface area contributed by atoms with Crippen LogP contribution in [0.4, 0.5) is 17.3 Å². The minimum Gasteiger partial charge on any atom is -0.437 e. The fourth-order valence-electron chi connectivity index (χ4n) is 5.69. The summed E-state index contributed by atoms with van der Waals surface area (Å²) in [5.74, 6) is 1.50. The minimum absolute atomic E-state index is 0.113. The van der Waals surface area contributed by atoms with Crippen LogP contribution in [-0.2, 0) is 11.2 Å². The van der Waals surface area contributed by atoms with E-state index in [1.807, 2.05) is 30.5 Å². The summed E-state index contributed by atoms with van der Waals surface area (Å²) in [4.78, 5) is 30.0. The number of nitrogens with zero attached hydrogens (tertiary/aromatic N) is 4. The van der Waals surface area contributed by atoms with Crippen LogP contribution >= 0.6 is 0 Å². The van der Waals surface area contributed by atoms with E-state index in [9.17, 15) is 4.79 Å². The Morgan fingerprint density at radius 1 is 1.05 bits per heavy atom. The quantitative estimate of drug-likeness (QED) is 0.393. The standard InChI is InChI=1S/C29H30N6O3/c1-18-15-20(6-7-23(18)35-13-11-34(12-14-35)21-16-37-17-21)31-29-32-27-22(9-10-30-27)28(33-29)38-25-4-2-3-19-5-8-24(36)26(19)25/h2-4,6-7,9-10,15,21H,5,8,11-14,16-17H2,1H3,(H2,30,31,32,33). The third kappa shape index (κ3) is 4.17. The molecule has 2 aromatic heterocycles. The molecule has 194 valence electrons. The lowest BCUT2D eigenvalue weighted by atomic mass is 10.1. The summed E-state index contributed by atoms with van der Waals surface area (Å²) in [6, 6.07) is 14.6. The second-order valence-corrected chi connectivity index (χ2v) is 10.2. The smallest absolute Gasteiger partial charge is 0.233 e. The van der Waals surface area contributed by atoms with Gasteiger partial charge in [-0.2, -0.15) is 9.97 Å². The summed E-state index contributed by atoms with van der Waals surface area (Å²) in [7, 11) is 0. The first-order chi connectivity index (χ1) is 18.6. The predicted octanol–water partition coefficient (Wildman–Crippen LogP) is 4.45. The summed E-state index contributed by atoms with van der Waals surface area (Å²) in [5, 5.41) is 4.11. The number of aryl methyl sites for hydroxylation is 2. The number of ketones is 1. The zero-order valence-corrected chi connectivity index (χ0v) is 21.4. The molecule has 0 bridgehead atoms. The first-order valence-corrected chi connectivity index (χ1v) is 13.2. The maximum absolute atomic E-state index is 12.5. The zero-order chi connectivity index (χ0) is 25.6. The van der Waals surface area contributed by atoms with Gasteiger partial charge in [-0.3, -0.25) is 9.69 Å². The van der Waals surface area contributed by atoms with Crippen molar-refractivity contribution in [3.63, 3.8) is 0 Å². The highest BCUT2D eigenvalue weighted by atomic mass is 16.5. The number of nitrogens with one attached hydrogen (secondary N) is 2. The van der Waals surface area contributed by atoms with Gasteiger partial charge in [-0.15, -0.1) is 0 Å². The molecule has 0 radical (unpaired) electrons. The molecule has 4 heterocycles. The number of anilines is 3. The van der Waals surface area contributed by atoms with Crippen LogP contribution in [0.25, 0.3) is 11.0 Å². The van der Waals surface area contributed by atoms with Gasteiger partial charge in [0.2, 0.25) is 11.8 Å². The van der Waals surface area contributed by atoms with E-state index >= 15 is 0 Å². The average molecular weight is 511 g/mol. The number of rotatable bonds is 6. The highest BCUT2D eigenvalue weighted by Crippen LogP contribution is 2.36. The number of H-pyrrole nitrogens is 1. The number of aromatic amines is 1. The van der Waals surface area contributed by atoms with Crippen molar-refractivity contribution in [3.8, 4) is 11.6 Å². The van der Waals surface area contributed by atoms with Crippen LogP contribution < -0.4 is 15.0 Å². The van der Waals surface area contributed by atoms with Crippen molar-refractivity contribution in [2.45, 2.75) is 25.8 Å². The van der Waals surface area contributed by atoms with Gasteiger partial charge in [-0.05, 0) is 54.8 Å². The Morgan fingerprint density at radius 2 is 1.92 bits per heavy atom. The number of hydrogen-bond acceptors (Lipinski definition) is 8. The Kier molecular flexibility index (Phi) is 5.74. The molecule has 38 heavy (non-hydrogen) atoms. The Hall–Kier alpha value is -3.95. The molecule has 0 unspecified atom stereocenters. The Balaban J connectivity index is 1.11. The molecule has 4 aromatic rings. The van der Waals surface area contributed by atoms with E-state index in [0.29, 0.717) is 41.3 Å². The van der Waals surface area contributed by atoms with Gasteiger partial charge in [-0.1, -0.05) is 12.1 Å². The van der Waals surface area contributed by atoms with Crippen LogP contribution in [0, 0.1) is 6.92 Å². The van der Waals surface area contributed by atoms with Crippen LogP contribution in [0.5, 0.6) is 11.6 Å². The fourth-order valence-corrected chi connectivity index (χ4v) is 5.69. The molecule has 0 amide bonds. The van der Waals surface area contributed by atoms with Crippen LogP contribution in [0.2, 0.25) is 0 Å². The highest BCUT2D eigenvalue weighted by molar-refractivity contribution is 6.03. The summed E-state index contributed by atoms with van der Waals surface area (Å²) in [5.41, 5.74) is 5.72. The molecule has 0 saturated carbocycles. The van der Waals surface area contributed by atoms with Crippen LogP contribution in [0.3, 0.4) is 0 Å². The molecule has 7 rings (SSSR count). The molecule has 1 aliphatic carbocycles. The van der Waals surface area contributed by atoms with E-state index in [1.165, 1.54) is 11.3 Å². The summed E-state index contributed by atoms with van der Waals surface area (Å²) in [6.45, 7) is 8.05. The fraction of sp³-hybridized carbons (Fsp3) is 0.345. The molecule has 9 heteroatoms. The number of Topliss-reactive ketones (excluding diaryl/α,β-unsaturated/α-hetero) is 1. The van der Waals surface area contributed by atoms with Crippen molar-refractivity contribution < 1.29 is 14.3 Å². The maximum Gasteiger partial charge on any atom is 0.233 e. The van der Waals surface area contributed by atoms with E-state index < -0.39 is 0 Å². The number of carbonyl (C=O) groups excluding carboxylic acids is 1. The molecular formula is C29H30N6O3. The lowest BCUT2D eigenvalue weighted by Crippen LogP contribution is -2.56. The van der Waals surface area contributed by atoms with E-state index in [4.69, 9.17) is 14.5 Å². The average Bonchev–Trinajstić information content (AvgIpc) is 3.51. The normalized spacial score (nSPS) is 18.0. The van der Waals surface area contributed by atoms with Gasteiger partial charge >= 0.3 is 0 Å². The van der Waals surface area contributed by atoms with Gasteiger partial charge in [0, 0.05) is 50.2 Å². The van der Waals surface area contributed by atoms with Gasteiger partial charge in [0.15, 0.2) is 5.78 Å². The summed E-state index contributed by atoms with van der Waals surface area (Å²) < 4.78 is 11.6. The van der Waals surface area contributed by atoms with Crippen LogP contribution in [-0.4, -0.2) is 71.1 Å². The lowest BCUT2D eigenvalue weighted by Gasteiger charge is -2.43. The largest absolute Gasteiger partial charge is 0.437 e. The van der Waals surface area contributed by atoms with Crippen LogP contribution in [0.1, 0.15) is 27.9 Å². The zero-order valence-electron chi connectivity index (χ0n) is 21.4. The van der Waals surface area contributed by atoms with Crippen LogP contribution in [0.15, 0.2) is 48.7 Å². The summed E-state index contributed by atoms with van der Waals surface area (Å²) in [6.07, 6.45) is 3.08. The third-order valence-corrected chi connectivity index (χ3v) is 7.84. The van der Waals surface area contributed by atoms with E-state index in [0.717, 1.165) is 62.5 Å². The number of carbonyl (C=O) groups is 1. The number of piperazine rings is 1. The Bertz CT molecular complexity index is 1520. The summed E-state index contributed by atoms with van der Waals surface area (Å²) >= 11 is 0. The predicted molar refractivity (Wildman–Crippen MR) is 146 cm³/mol. The third-order valence-electron chi connectivity index (χ3n) is 7.84. The van der Waals surface area contributed by atoms with Crippen molar-refractivity contribution in [1.29, 1.82) is 0 Å². The minimum atomic E-state index is 0.113. The molecule has 2 N–H and O–H groups in total. The molecule has 2 fully saturated rings. The van der Waals surface area contributed by atoms with Gasteiger partial charge in [-0.25, -0.2) is 0 Å². The van der Waals surface area contributed by atoms with Crippen molar-refractivity contribution in [3.05, 3.63) is 65.4 Å². The molecule has 3 aliphatic rings. The molecule has 2 aromatic carbocycles. The van der Waals surface area contributed by atoms with Crippen molar-refractivity contribution in [2.24, 2.45) is 0 Å². The van der Waals surface area contributed by atoms with Crippen molar-refractivity contribution >= 4 is 34.1 Å². The number of ether oxygens (including phenoxy) is 2. The molecule has 0 spiro atoms. The Labute approximate surface area is 220 Å². The maximum atomic E-state index is 12.5. The first kappa shape index (κ1) is 23.2. The molecule has 0 atom stereocenters. The number of aromatic nitrogens is 3. The number of benzene rings is 2. The van der Waals surface area contributed by atoms with Gasteiger partial charge in [0.25, 0.3) is 0 Å². The topological polar surface area (TPSA) is 95.6 Å². The van der Waals surface area contributed by atoms with Gasteiger partial charge < -0.3 is 24.7 Å². The SMILES string of the molecule is Cc1cc(Nc2nc(Oc3cccc4c3C(=O)CC4)c3cc[nH]c3n2)ccc1N1CCN(C2COC2)CC1. The van der Waals surface area contributed by atoms with E-state index in [2.05, 4.69) is 50.2 Å². The van der Waals surface area contributed by atoms with E-state index in [1.54, 1.807) is 0 Å². The lowest BCUT2D eigenvalue weighted by molar-refractivity contribution is -0.0660. The first-order valence-electron chi connectivity index (χ1n) is 13.2. The number of hydrogen-bond donors (Lipinski definition) is 2. The molecule has 2 aliphatic heterocycles. The second-order valence-electron chi connectivity index (χ2n) is 10.2. The highest BCUT2D eigenvalue weighted by Gasteiger charge is 2.29. The monoisotopic (exact) mass is 510 g/mol. The molecule has 2 saturated heterocycles. The number of fused-ring (bicyclic) bond motifs is 2. The van der Waals surface area contributed by atoms with Crippen molar-refractivity contribution in [2.75, 3.05) is 49.6 Å². The van der Waals surface area contributed by atoms with Crippen molar-refractivity contribution in [1.82, 2.24) is 19.9 Å². The molecule has 9 nitrogen and oxygen atoms in total.